The van der Waals surface area contributed by atoms with Crippen molar-refractivity contribution in [3.8, 4) is 6.07 Å². The summed E-state index contributed by atoms with van der Waals surface area (Å²) in [6.45, 7) is 0.505. The van der Waals surface area contributed by atoms with Crippen molar-refractivity contribution < 1.29 is 13.6 Å². The molecule has 24 heavy (non-hydrogen) atoms. The van der Waals surface area contributed by atoms with E-state index < -0.39 is 7.60 Å². The second-order valence-corrected chi connectivity index (χ2v) is 7.50. The molecular formula is C18H17N2O3P. The van der Waals surface area contributed by atoms with Gasteiger partial charge in [-0.1, -0.05) is 30.3 Å². The minimum absolute atomic E-state index is 0.505. The second kappa shape index (κ2) is 6.62. The van der Waals surface area contributed by atoms with Gasteiger partial charge in [0.2, 0.25) is 0 Å². The van der Waals surface area contributed by atoms with E-state index in [1.54, 1.807) is 12.1 Å². The van der Waals surface area contributed by atoms with Crippen LogP contribution in [-0.2, 0) is 20.2 Å². The van der Waals surface area contributed by atoms with Gasteiger partial charge in [0.1, 0.15) is 5.44 Å². The van der Waals surface area contributed by atoms with Crippen molar-refractivity contribution in [3.05, 3.63) is 65.7 Å². The van der Waals surface area contributed by atoms with Gasteiger partial charge in [0.05, 0.1) is 11.6 Å². The summed E-state index contributed by atoms with van der Waals surface area (Å²) in [4.78, 5) is 0. The highest BCUT2D eigenvalue weighted by atomic mass is 31.2. The van der Waals surface area contributed by atoms with Crippen LogP contribution < -0.4 is 5.44 Å². The van der Waals surface area contributed by atoms with Crippen LogP contribution in [-0.4, -0.2) is 18.8 Å². The Morgan fingerprint density at radius 3 is 2.38 bits per heavy atom. The van der Waals surface area contributed by atoms with Crippen LogP contribution in [0.4, 0.5) is 0 Å². The highest BCUT2D eigenvalue weighted by Crippen LogP contribution is 2.46. The zero-order valence-corrected chi connectivity index (χ0v) is 14.4. The molecule has 122 valence electrons. The standard InChI is InChI=1S/C18H17N2O3P/c1-22-24(21,23-2)18-11-16-5-3-4-6-17(16)20(18)13-15-9-7-14(12-19)8-10-15/h3-11H,13H2,1-2H3. The van der Waals surface area contributed by atoms with Crippen LogP contribution in [0.2, 0.25) is 0 Å². The second-order valence-electron chi connectivity index (χ2n) is 5.32. The molecule has 5 nitrogen and oxygen atoms in total. The van der Waals surface area contributed by atoms with Gasteiger partial charge < -0.3 is 13.6 Å². The molecule has 0 aliphatic rings. The Morgan fingerprint density at radius 1 is 1.08 bits per heavy atom. The van der Waals surface area contributed by atoms with Gasteiger partial charge in [0, 0.05) is 31.7 Å². The fourth-order valence-electron chi connectivity index (χ4n) is 2.72. The average molecular weight is 340 g/mol. The number of benzene rings is 2. The molecule has 0 aliphatic heterocycles. The molecule has 0 saturated heterocycles. The minimum Gasteiger partial charge on any atom is -0.330 e. The number of para-hydroxylation sites is 1. The van der Waals surface area contributed by atoms with Gasteiger partial charge in [0.15, 0.2) is 0 Å². The van der Waals surface area contributed by atoms with Crippen molar-refractivity contribution in [1.29, 1.82) is 5.26 Å². The number of rotatable bonds is 5. The van der Waals surface area contributed by atoms with E-state index in [1.807, 2.05) is 47.0 Å². The Kier molecular flexibility index (Phi) is 4.55. The van der Waals surface area contributed by atoms with Crippen LogP contribution in [0.1, 0.15) is 11.1 Å². The monoisotopic (exact) mass is 340 g/mol. The van der Waals surface area contributed by atoms with E-state index in [9.17, 15) is 4.57 Å². The van der Waals surface area contributed by atoms with Crippen molar-refractivity contribution >= 4 is 23.9 Å². The molecule has 0 bridgehead atoms. The maximum atomic E-state index is 12.9. The molecule has 0 fully saturated rings. The van der Waals surface area contributed by atoms with Crippen LogP contribution in [0.15, 0.2) is 54.6 Å². The first-order chi connectivity index (χ1) is 11.6. The van der Waals surface area contributed by atoms with Gasteiger partial charge in [0.25, 0.3) is 0 Å². The number of hydrogen-bond donors (Lipinski definition) is 0. The lowest BCUT2D eigenvalue weighted by Crippen LogP contribution is -2.19. The molecule has 6 heteroatoms. The highest BCUT2D eigenvalue weighted by molar-refractivity contribution is 7.62. The van der Waals surface area contributed by atoms with Crippen molar-refractivity contribution in [2.45, 2.75) is 6.54 Å². The lowest BCUT2D eigenvalue weighted by atomic mass is 10.1. The van der Waals surface area contributed by atoms with Crippen molar-refractivity contribution in [3.63, 3.8) is 0 Å². The van der Waals surface area contributed by atoms with E-state index in [0.717, 1.165) is 16.5 Å². The Hall–Kier alpha value is -2.38. The van der Waals surface area contributed by atoms with Crippen LogP contribution in [0.5, 0.6) is 0 Å². The van der Waals surface area contributed by atoms with Crippen LogP contribution in [0.3, 0.4) is 0 Å². The van der Waals surface area contributed by atoms with Gasteiger partial charge in [-0.25, -0.2) is 0 Å². The predicted molar refractivity (Wildman–Crippen MR) is 93.5 cm³/mol. The first kappa shape index (κ1) is 16.5. The molecule has 1 heterocycles. The Labute approximate surface area is 140 Å². The molecule has 2 aromatic carbocycles. The van der Waals surface area contributed by atoms with Crippen LogP contribution >= 0.6 is 7.60 Å². The molecule has 0 atom stereocenters. The van der Waals surface area contributed by atoms with E-state index in [2.05, 4.69) is 6.07 Å². The van der Waals surface area contributed by atoms with Gasteiger partial charge >= 0.3 is 7.60 Å². The largest absolute Gasteiger partial charge is 0.377 e. The van der Waals surface area contributed by atoms with E-state index in [0.29, 0.717) is 17.5 Å². The van der Waals surface area contributed by atoms with E-state index in [1.165, 1.54) is 14.2 Å². The molecule has 0 spiro atoms. The smallest absolute Gasteiger partial charge is 0.330 e. The lowest BCUT2D eigenvalue weighted by Gasteiger charge is -2.17. The number of aromatic nitrogens is 1. The maximum absolute atomic E-state index is 12.9. The van der Waals surface area contributed by atoms with Crippen molar-refractivity contribution in [1.82, 2.24) is 4.57 Å². The fraction of sp³-hybridized carbons (Fsp3) is 0.167. The van der Waals surface area contributed by atoms with Crippen molar-refractivity contribution in [2.24, 2.45) is 0 Å². The number of hydrogen-bond acceptors (Lipinski definition) is 4. The maximum Gasteiger partial charge on any atom is 0.377 e. The SMILES string of the molecule is COP(=O)(OC)c1cc2ccccc2n1Cc1ccc(C#N)cc1. The molecule has 3 rings (SSSR count). The summed E-state index contributed by atoms with van der Waals surface area (Å²) in [5.74, 6) is 0. The molecule has 0 N–H and O–H groups in total. The molecular weight excluding hydrogens is 323 g/mol. The van der Waals surface area contributed by atoms with E-state index in [4.69, 9.17) is 14.3 Å². The minimum atomic E-state index is -3.39. The third-order valence-electron chi connectivity index (χ3n) is 3.97. The Balaban J connectivity index is 2.14. The van der Waals surface area contributed by atoms with Crippen molar-refractivity contribution in [2.75, 3.05) is 14.2 Å². The van der Waals surface area contributed by atoms with Gasteiger partial charge in [-0.3, -0.25) is 4.57 Å². The molecule has 0 unspecified atom stereocenters. The summed E-state index contributed by atoms with van der Waals surface area (Å²) >= 11 is 0. The Bertz CT molecular complexity index is 947. The first-order valence-corrected chi connectivity index (χ1v) is 8.95. The summed E-state index contributed by atoms with van der Waals surface area (Å²) in [5.41, 5.74) is 3.07. The molecule has 0 aliphatic carbocycles. The fourth-order valence-corrected chi connectivity index (χ4v) is 4.01. The predicted octanol–water partition coefficient (Wildman–Crippen LogP) is 3.67. The topological polar surface area (TPSA) is 64.2 Å². The van der Waals surface area contributed by atoms with E-state index >= 15 is 0 Å². The van der Waals surface area contributed by atoms with Gasteiger partial charge in [-0.15, -0.1) is 0 Å². The summed E-state index contributed by atoms with van der Waals surface area (Å²) in [7, 11) is -0.619. The van der Waals surface area contributed by atoms with Crippen LogP contribution in [0, 0.1) is 11.3 Å². The summed E-state index contributed by atoms with van der Waals surface area (Å²) in [6.07, 6.45) is 0. The molecule has 0 saturated carbocycles. The average Bonchev–Trinajstić information content (AvgIpc) is 3.01. The zero-order valence-electron chi connectivity index (χ0n) is 13.5. The summed E-state index contributed by atoms with van der Waals surface area (Å²) < 4.78 is 25.2. The lowest BCUT2D eigenvalue weighted by molar-refractivity contribution is 0.285. The molecule has 1 aromatic heterocycles. The molecule has 0 radical (unpaired) electrons. The Morgan fingerprint density at radius 2 is 1.75 bits per heavy atom. The van der Waals surface area contributed by atoms with Crippen LogP contribution in [0.25, 0.3) is 10.9 Å². The quantitative estimate of drug-likeness (QED) is 0.665. The molecule has 3 aromatic rings. The van der Waals surface area contributed by atoms with E-state index in [-0.39, 0.29) is 0 Å². The normalized spacial score (nSPS) is 11.5. The summed E-state index contributed by atoms with van der Waals surface area (Å²) in [5, 5.41) is 9.88. The molecule has 0 amide bonds. The zero-order chi connectivity index (χ0) is 17.2. The first-order valence-electron chi connectivity index (χ1n) is 7.40. The number of fused-ring (bicyclic) bond motifs is 1. The summed E-state index contributed by atoms with van der Waals surface area (Å²) in [6, 6.07) is 19.1. The van der Waals surface area contributed by atoms with Gasteiger partial charge in [-0.2, -0.15) is 5.26 Å². The highest BCUT2D eigenvalue weighted by Gasteiger charge is 2.30. The number of nitrogens with zero attached hydrogens (tertiary/aromatic N) is 2. The van der Waals surface area contributed by atoms with Gasteiger partial charge in [-0.05, 0) is 29.8 Å². The number of nitriles is 1. The third kappa shape index (κ3) is 2.88. The third-order valence-corrected chi connectivity index (χ3v) is 5.87.